The van der Waals surface area contributed by atoms with Crippen molar-refractivity contribution in [2.45, 2.75) is 95.1 Å². The van der Waals surface area contributed by atoms with Crippen LogP contribution in [0.2, 0.25) is 0 Å². The van der Waals surface area contributed by atoms with Crippen LogP contribution in [-0.4, -0.2) is 69.1 Å². The van der Waals surface area contributed by atoms with Crippen molar-refractivity contribution < 1.29 is 35.0 Å². The normalized spacial score (nSPS) is 33.8. The number of hydrogen-bond donors (Lipinski definition) is 5. The van der Waals surface area contributed by atoms with Gasteiger partial charge in [-0.15, -0.1) is 0 Å². The molecule has 24 heavy (non-hydrogen) atoms. The third-order valence-corrected chi connectivity index (χ3v) is 4.49. The van der Waals surface area contributed by atoms with E-state index in [1.807, 2.05) is 0 Å². The van der Waals surface area contributed by atoms with Crippen LogP contribution >= 0.6 is 0 Å². The Labute approximate surface area is 144 Å². The Kier molecular flexibility index (Phi) is 10.3. The van der Waals surface area contributed by atoms with Gasteiger partial charge in [-0.1, -0.05) is 58.3 Å². The van der Waals surface area contributed by atoms with Crippen LogP contribution < -0.4 is 0 Å². The van der Waals surface area contributed by atoms with Crippen LogP contribution in [0.5, 0.6) is 0 Å². The van der Waals surface area contributed by atoms with Gasteiger partial charge in [0, 0.05) is 0 Å². The van der Waals surface area contributed by atoms with Crippen LogP contribution in [0, 0.1) is 0 Å². The lowest BCUT2D eigenvalue weighted by molar-refractivity contribution is -0.448. The standard InChI is InChI=1S/C17H34O7/c1-2-3-4-5-6-7-8-9-10-11-23-17(22)16(21)15(20)14(19)13(12-18)24-17/h13-16,18-22H,2-12H2,1H3/t13-,14-,15+,16-,17?/m1/s1. The summed E-state index contributed by atoms with van der Waals surface area (Å²) in [5, 5.41) is 48.4. The van der Waals surface area contributed by atoms with Crippen LogP contribution in [0.3, 0.4) is 0 Å². The molecule has 0 aromatic carbocycles. The third kappa shape index (κ3) is 6.55. The molecule has 7 nitrogen and oxygen atoms in total. The Morgan fingerprint density at radius 3 is 1.96 bits per heavy atom. The molecule has 144 valence electrons. The fraction of sp³-hybridized carbons (Fsp3) is 1.00. The molecule has 0 saturated carbocycles. The lowest BCUT2D eigenvalue weighted by Gasteiger charge is -2.44. The van der Waals surface area contributed by atoms with E-state index in [2.05, 4.69) is 6.92 Å². The van der Waals surface area contributed by atoms with Crippen LogP contribution in [-0.2, 0) is 9.47 Å². The van der Waals surface area contributed by atoms with Gasteiger partial charge in [-0.3, -0.25) is 0 Å². The second-order valence-electron chi connectivity index (χ2n) is 6.57. The molecule has 1 unspecified atom stereocenters. The average Bonchev–Trinajstić information content (AvgIpc) is 2.58. The summed E-state index contributed by atoms with van der Waals surface area (Å²) < 4.78 is 10.2. The van der Waals surface area contributed by atoms with E-state index in [9.17, 15) is 20.4 Å². The van der Waals surface area contributed by atoms with E-state index in [4.69, 9.17) is 14.6 Å². The van der Waals surface area contributed by atoms with Gasteiger partial charge in [0.1, 0.15) is 18.3 Å². The van der Waals surface area contributed by atoms with E-state index in [-0.39, 0.29) is 6.61 Å². The topological polar surface area (TPSA) is 120 Å². The van der Waals surface area contributed by atoms with E-state index in [0.29, 0.717) is 6.42 Å². The number of aliphatic hydroxyl groups is 5. The molecule has 1 fully saturated rings. The van der Waals surface area contributed by atoms with Crippen molar-refractivity contribution in [1.82, 2.24) is 0 Å². The quantitative estimate of drug-likeness (QED) is 0.259. The fourth-order valence-corrected chi connectivity index (χ4v) is 2.87. The zero-order valence-corrected chi connectivity index (χ0v) is 14.6. The second kappa shape index (κ2) is 11.4. The molecule has 0 bridgehead atoms. The van der Waals surface area contributed by atoms with E-state index >= 15 is 0 Å². The lowest BCUT2D eigenvalue weighted by Crippen LogP contribution is -2.66. The predicted octanol–water partition coefficient (Wildman–Crippen LogP) is 0.654. The number of aliphatic hydroxyl groups excluding tert-OH is 4. The van der Waals surface area contributed by atoms with Gasteiger partial charge in [0.25, 0.3) is 0 Å². The summed E-state index contributed by atoms with van der Waals surface area (Å²) in [6.07, 6.45) is 4.08. The Morgan fingerprint density at radius 1 is 0.875 bits per heavy atom. The monoisotopic (exact) mass is 350 g/mol. The summed E-state index contributed by atoms with van der Waals surface area (Å²) in [6, 6.07) is 0. The predicted molar refractivity (Wildman–Crippen MR) is 88.1 cm³/mol. The maximum absolute atomic E-state index is 10.2. The molecule has 5 atom stereocenters. The van der Waals surface area contributed by atoms with Gasteiger partial charge in [0.2, 0.25) is 0 Å². The maximum atomic E-state index is 10.2. The van der Waals surface area contributed by atoms with Gasteiger partial charge < -0.3 is 35.0 Å². The summed E-state index contributed by atoms with van der Waals surface area (Å²) in [5.74, 6) is -2.41. The molecule has 1 aliphatic rings. The van der Waals surface area contributed by atoms with E-state index in [1.54, 1.807) is 0 Å². The van der Waals surface area contributed by atoms with Crippen molar-refractivity contribution in [3.05, 3.63) is 0 Å². The van der Waals surface area contributed by atoms with Gasteiger partial charge in [-0.05, 0) is 6.42 Å². The Balaban J connectivity index is 2.19. The molecule has 1 rings (SSSR count). The number of hydrogen-bond acceptors (Lipinski definition) is 7. The zero-order chi connectivity index (χ0) is 18.0. The van der Waals surface area contributed by atoms with Crippen molar-refractivity contribution in [2.75, 3.05) is 13.2 Å². The number of rotatable bonds is 12. The highest BCUT2D eigenvalue weighted by atomic mass is 16.8. The molecule has 0 radical (unpaired) electrons. The van der Waals surface area contributed by atoms with Gasteiger partial charge in [0.05, 0.1) is 13.2 Å². The number of unbranched alkanes of at least 4 members (excludes halogenated alkanes) is 8. The molecule has 0 spiro atoms. The van der Waals surface area contributed by atoms with Crippen molar-refractivity contribution >= 4 is 0 Å². The molecule has 0 aromatic heterocycles. The first-order chi connectivity index (χ1) is 11.5. The molecule has 1 saturated heterocycles. The van der Waals surface area contributed by atoms with Gasteiger partial charge in [-0.2, -0.15) is 0 Å². The lowest BCUT2D eigenvalue weighted by atomic mass is 9.98. The summed E-state index contributed by atoms with van der Waals surface area (Å²) >= 11 is 0. The second-order valence-corrected chi connectivity index (χ2v) is 6.57. The molecular weight excluding hydrogens is 316 g/mol. The minimum atomic E-state index is -2.41. The molecule has 1 heterocycles. The number of ether oxygens (including phenoxy) is 2. The van der Waals surface area contributed by atoms with E-state index in [0.717, 1.165) is 12.8 Å². The molecule has 0 aliphatic carbocycles. The van der Waals surface area contributed by atoms with E-state index < -0.39 is 37.0 Å². The zero-order valence-electron chi connectivity index (χ0n) is 14.6. The molecule has 1 aliphatic heterocycles. The smallest absolute Gasteiger partial charge is 0.311 e. The van der Waals surface area contributed by atoms with Gasteiger partial charge in [0.15, 0.2) is 6.10 Å². The average molecular weight is 350 g/mol. The molecule has 5 N–H and O–H groups in total. The van der Waals surface area contributed by atoms with Crippen LogP contribution in [0.4, 0.5) is 0 Å². The maximum Gasteiger partial charge on any atom is 0.311 e. The Bertz CT molecular complexity index is 326. The van der Waals surface area contributed by atoms with Crippen LogP contribution in [0.1, 0.15) is 64.7 Å². The Morgan fingerprint density at radius 2 is 1.42 bits per heavy atom. The molecule has 7 heteroatoms. The highest BCUT2D eigenvalue weighted by molar-refractivity contribution is 4.92. The SMILES string of the molecule is CCCCCCCCCCCOC1(O)O[C@H](CO)[C@@H](O)[C@H](O)[C@H]1O. The highest BCUT2D eigenvalue weighted by Gasteiger charge is 2.53. The first-order valence-electron chi connectivity index (χ1n) is 9.15. The minimum Gasteiger partial charge on any atom is -0.394 e. The van der Waals surface area contributed by atoms with Crippen molar-refractivity contribution in [1.29, 1.82) is 0 Å². The van der Waals surface area contributed by atoms with E-state index in [1.165, 1.54) is 38.5 Å². The van der Waals surface area contributed by atoms with Crippen LogP contribution in [0.15, 0.2) is 0 Å². The molecular formula is C17H34O7. The van der Waals surface area contributed by atoms with Crippen molar-refractivity contribution in [3.63, 3.8) is 0 Å². The first kappa shape index (κ1) is 21.8. The first-order valence-corrected chi connectivity index (χ1v) is 9.15. The highest BCUT2D eigenvalue weighted by Crippen LogP contribution is 2.29. The molecule has 0 aromatic rings. The van der Waals surface area contributed by atoms with Crippen LogP contribution in [0.25, 0.3) is 0 Å². The summed E-state index contributed by atoms with van der Waals surface area (Å²) in [6.45, 7) is 1.75. The molecule has 0 amide bonds. The largest absolute Gasteiger partial charge is 0.394 e. The van der Waals surface area contributed by atoms with Crippen molar-refractivity contribution in [3.8, 4) is 0 Å². The van der Waals surface area contributed by atoms with Gasteiger partial charge >= 0.3 is 5.97 Å². The van der Waals surface area contributed by atoms with Crippen molar-refractivity contribution in [2.24, 2.45) is 0 Å². The fourth-order valence-electron chi connectivity index (χ4n) is 2.87. The third-order valence-electron chi connectivity index (χ3n) is 4.49. The Hall–Kier alpha value is -0.280. The summed E-state index contributed by atoms with van der Waals surface area (Å²) in [5.41, 5.74) is 0. The van der Waals surface area contributed by atoms with Gasteiger partial charge in [-0.25, -0.2) is 0 Å². The summed E-state index contributed by atoms with van der Waals surface area (Å²) in [7, 11) is 0. The summed E-state index contributed by atoms with van der Waals surface area (Å²) in [4.78, 5) is 0. The minimum absolute atomic E-state index is 0.157.